The van der Waals surface area contributed by atoms with Crippen molar-refractivity contribution in [1.29, 1.82) is 5.26 Å². The van der Waals surface area contributed by atoms with Crippen LogP contribution in [0.25, 0.3) is 0 Å². The van der Waals surface area contributed by atoms with E-state index in [0.29, 0.717) is 18.6 Å². The largest absolute Gasteiger partial charge is 0.454 e. The summed E-state index contributed by atoms with van der Waals surface area (Å²) in [5.74, 6) is -0.656. The molecule has 0 spiro atoms. The van der Waals surface area contributed by atoms with E-state index in [1.807, 2.05) is 36.4 Å². The number of fused-ring (bicyclic) bond motifs is 1. The van der Waals surface area contributed by atoms with Gasteiger partial charge in [-0.1, -0.05) is 30.3 Å². The quantitative estimate of drug-likeness (QED) is 0.593. The molecule has 136 valence electrons. The lowest BCUT2D eigenvalue weighted by atomic mass is 10.0. The van der Waals surface area contributed by atoms with Crippen LogP contribution in [0, 0.1) is 11.3 Å². The molecule has 0 bridgehead atoms. The summed E-state index contributed by atoms with van der Waals surface area (Å²) in [4.78, 5) is 37.7. The summed E-state index contributed by atoms with van der Waals surface area (Å²) in [5.41, 5.74) is 1.00. The number of nitriles is 1. The van der Waals surface area contributed by atoms with E-state index in [0.717, 1.165) is 5.56 Å². The molecule has 0 saturated carbocycles. The number of nitrogens with zero attached hydrogens (tertiary/aromatic N) is 2. The fourth-order valence-electron chi connectivity index (χ4n) is 3.36. The van der Waals surface area contributed by atoms with Gasteiger partial charge in [-0.2, -0.15) is 5.26 Å². The molecule has 1 aromatic rings. The molecular weight excluding hydrogens is 354 g/mol. The van der Waals surface area contributed by atoms with E-state index in [-0.39, 0.29) is 18.9 Å². The molecule has 2 atom stereocenters. The van der Waals surface area contributed by atoms with Crippen molar-refractivity contribution in [3.63, 3.8) is 0 Å². The highest BCUT2D eigenvalue weighted by molar-refractivity contribution is 8.00. The molecule has 3 rings (SSSR count). The van der Waals surface area contributed by atoms with E-state index >= 15 is 0 Å². The van der Waals surface area contributed by atoms with Crippen molar-refractivity contribution in [1.82, 2.24) is 10.2 Å². The summed E-state index contributed by atoms with van der Waals surface area (Å²) in [6.07, 6.45) is 1.24. The van der Waals surface area contributed by atoms with Crippen LogP contribution in [0.2, 0.25) is 0 Å². The summed E-state index contributed by atoms with van der Waals surface area (Å²) in [6.45, 7) is -0.195. The summed E-state index contributed by atoms with van der Waals surface area (Å²) in [6, 6.07) is 10.9. The Bertz CT molecular complexity index is 749. The molecule has 26 heavy (non-hydrogen) atoms. The van der Waals surface area contributed by atoms with Gasteiger partial charge in [0.15, 0.2) is 6.61 Å². The number of nitrogens with one attached hydrogen (secondary N) is 1. The maximum Gasteiger partial charge on any atom is 0.330 e. The summed E-state index contributed by atoms with van der Waals surface area (Å²) < 4.78 is 5.11. The minimum Gasteiger partial charge on any atom is -0.454 e. The molecule has 7 nitrogen and oxygen atoms in total. The van der Waals surface area contributed by atoms with Gasteiger partial charge in [0, 0.05) is 18.7 Å². The number of hydrogen-bond acceptors (Lipinski definition) is 6. The number of hydrogen-bond donors (Lipinski definition) is 1. The number of carbonyl (C=O) groups is 3. The molecule has 2 amide bonds. The van der Waals surface area contributed by atoms with Crippen LogP contribution in [0.4, 0.5) is 0 Å². The van der Waals surface area contributed by atoms with Gasteiger partial charge in [0.1, 0.15) is 10.9 Å². The lowest BCUT2D eigenvalue weighted by Gasteiger charge is -2.33. The third kappa shape index (κ3) is 3.40. The van der Waals surface area contributed by atoms with Gasteiger partial charge in [-0.05, 0) is 12.0 Å². The van der Waals surface area contributed by atoms with Crippen molar-refractivity contribution in [2.45, 2.75) is 30.2 Å². The monoisotopic (exact) mass is 373 g/mol. The molecule has 0 unspecified atom stereocenters. The van der Waals surface area contributed by atoms with E-state index in [2.05, 4.69) is 5.32 Å². The predicted molar refractivity (Wildman–Crippen MR) is 94.6 cm³/mol. The normalized spacial score (nSPS) is 24.0. The third-order valence-corrected chi connectivity index (χ3v) is 6.13. The lowest BCUT2D eigenvalue weighted by Crippen LogP contribution is -2.47. The number of ether oxygens (including phenoxy) is 1. The van der Waals surface area contributed by atoms with Gasteiger partial charge < -0.3 is 15.0 Å². The topological polar surface area (TPSA) is 99.5 Å². The number of benzene rings is 1. The van der Waals surface area contributed by atoms with E-state index in [1.54, 1.807) is 16.7 Å². The second-order valence-electron chi connectivity index (χ2n) is 6.11. The highest BCUT2D eigenvalue weighted by Gasteiger charge is 2.57. The molecular formula is C18H19N3O4S. The molecule has 0 radical (unpaired) electrons. The smallest absolute Gasteiger partial charge is 0.330 e. The minimum absolute atomic E-state index is 0.0701. The van der Waals surface area contributed by atoms with Crippen LogP contribution in [0.15, 0.2) is 30.3 Å². The fourth-order valence-corrected chi connectivity index (χ4v) is 4.99. The Balaban J connectivity index is 1.66. The number of amides is 2. The number of carbonyl (C=O) groups excluding carboxylic acids is 3. The van der Waals surface area contributed by atoms with Crippen LogP contribution in [0.5, 0.6) is 0 Å². The lowest BCUT2D eigenvalue weighted by molar-refractivity contribution is -0.156. The minimum atomic E-state index is -0.692. The van der Waals surface area contributed by atoms with Gasteiger partial charge in [0.05, 0.1) is 12.5 Å². The van der Waals surface area contributed by atoms with Gasteiger partial charge in [-0.15, -0.1) is 11.8 Å². The van der Waals surface area contributed by atoms with Gasteiger partial charge >= 0.3 is 5.97 Å². The first-order valence-electron chi connectivity index (χ1n) is 8.40. The third-order valence-electron chi connectivity index (χ3n) is 4.53. The van der Waals surface area contributed by atoms with Crippen LogP contribution >= 0.6 is 11.8 Å². The number of thioether (sulfide) groups is 1. The first-order valence-corrected chi connectivity index (χ1v) is 9.39. The summed E-state index contributed by atoms with van der Waals surface area (Å²) in [7, 11) is 0. The van der Waals surface area contributed by atoms with Crippen molar-refractivity contribution in [2.24, 2.45) is 0 Å². The highest BCUT2D eigenvalue weighted by Crippen LogP contribution is 2.54. The molecule has 2 saturated heterocycles. The molecule has 1 aromatic carbocycles. The molecule has 1 N–H and O–H groups in total. The molecule has 8 heteroatoms. The Hall–Kier alpha value is -2.53. The second kappa shape index (κ2) is 7.79. The van der Waals surface area contributed by atoms with Gasteiger partial charge in [0.2, 0.25) is 5.91 Å². The molecule has 2 aliphatic heterocycles. The van der Waals surface area contributed by atoms with E-state index in [9.17, 15) is 14.4 Å². The molecule has 2 heterocycles. The standard InChI is InChI=1S/C18H19N3O4S/c19-9-4-10-20-15(22)11-25-17(24)14-12-26-18(8-7-16(23)21(14)18)13-5-2-1-3-6-13/h1-3,5-6,14H,4,7-8,10-12H2,(H,20,22)/t14-,18-/m0/s1. The summed E-state index contributed by atoms with van der Waals surface area (Å²) >= 11 is 1.57. The Kier molecular flexibility index (Phi) is 5.47. The Morgan fingerprint density at radius 2 is 2.15 bits per heavy atom. The molecule has 2 fully saturated rings. The van der Waals surface area contributed by atoms with Crippen LogP contribution < -0.4 is 5.32 Å². The predicted octanol–water partition coefficient (Wildman–Crippen LogP) is 1.15. The van der Waals surface area contributed by atoms with Crippen molar-refractivity contribution >= 4 is 29.5 Å². The van der Waals surface area contributed by atoms with Gasteiger partial charge in [0.25, 0.3) is 5.91 Å². The first kappa shape index (κ1) is 18.3. The van der Waals surface area contributed by atoms with Crippen molar-refractivity contribution in [3.05, 3.63) is 35.9 Å². The maximum atomic E-state index is 12.5. The average Bonchev–Trinajstić information content (AvgIpc) is 3.20. The SMILES string of the molecule is N#CCCNC(=O)COC(=O)[C@@H]1CS[C@]2(c3ccccc3)CCC(=O)N12. The Labute approximate surface area is 155 Å². The second-order valence-corrected chi connectivity index (χ2v) is 7.40. The van der Waals surface area contributed by atoms with E-state index in [4.69, 9.17) is 10.00 Å². The van der Waals surface area contributed by atoms with Crippen molar-refractivity contribution in [3.8, 4) is 6.07 Å². The van der Waals surface area contributed by atoms with Crippen molar-refractivity contribution < 1.29 is 19.1 Å². The fraction of sp³-hybridized carbons (Fsp3) is 0.444. The summed E-state index contributed by atoms with van der Waals surface area (Å²) in [5, 5.41) is 10.9. The maximum absolute atomic E-state index is 12.5. The number of esters is 1. The molecule has 0 aromatic heterocycles. The highest BCUT2D eigenvalue weighted by atomic mass is 32.2. The van der Waals surface area contributed by atoms with Crippen LogP contribution in [0.1, 0.15) is 24.8 Å². The molecule has 2 aliphatic rings. The van der Waals surface area contributed by atoms with Crippen LogP contribution in [-0.4, -0.2) is 47.6 Å². The average molecular weight is 373 g/mol. The zero-order valence-electron chi connectivity index (χ0n) is 14.1. The van der Waals surface area contributed by atoms with Gasteiger partial charge in [-0.3, -0.25) is 9.59 Å². The Morgan fingerprint density at radius 3 is 2.88 bits per heavy atom. The Morgan fingerprint density at radius 1 is 1.38 bits per heavy atom. The van der Waals surface area contributed by atoms with Gasteiger partial charge in [-0.25, -0.2) is 4.79 Å². The number of rotatable bonds is 6. The zero-order valence-corrected chi connectivity index (χ0v) is 15.0. The van der Waals surface area contributed by atoms with Crippen LogP contribution in [0.3, 0.4) is 0 Å². The molecule has 0 aliphatic carbocycles. The van der Waals surface area contributed by atoms with Crippen LogP contribution in [-0.2, 0) is 24.0 Å². The zero-order chi connectivity index (χ0) is 18.6. The first-order chi connectivity index (χ1) is 12.6. The van der Waals surface area contributed by atoms with Crippen molar-refractivity contribution in [2.75, 3.05) is 18.9 Å². The van der Waals surface area contributed by atoms with E-state index < -0.39 is 29.4 Å². The van der Waals surface area contributed by atoms with E-state index in [1.165, 1.54) is 0 Å².